The first-order chi connectivity index (χ1) is 10.0. The maximum absolute atomic E-state index is 6.06. The molecule has 0 atom stereocenters. The van der Waals surface area contributed by atoms with Gasteiger partial charge in [-0.3, -0.25) is 9.67 Å². The lowest BCUT2D eigenvalue weighted by molar-refractivity contribution is 0.766. The highest BCUT2D eigenvalue weighted by molar-refractivity contribution is 9.10. The van der Waals surface area contributed by atoms with Crippen molar-refractivity contribution in [2.24, 2.45) is 7.05 Å². The second-order valence-corrected chi connectivity index (χ2v) is 6.02. The van der Waals surface area contributed by atoms with Crippen LogP contribution >= 0.6 is 15.9 Å². The third kappa shape index (κ3) is 2.71. The molecule has 0 aliphatic rings. The molecule has 108 valence electrons. The lowest BCUT2D eigenvalue weighted by Gasteiger charge is -2.20. The number of aromatic nitrogens is 3. The van der Waals surface area contributed by atoms with Crippen LogP contribution in [0.5, 0.6) is 0 Å². The van der Waals surface area contributed by atoms with E-state index >= 15 is 0 Å². The number of benzene rings is 1. The molecule has 0 amide bonds. The third-order valence-electron chi connectivity index (χ3n) is 3.42. The second kappa shape index (κ2) is 5.37. The number of nitrogens with zero attached hydrogens (tertiary/aromatic N) is 4. The van der Waals surface area contributed by atoms with Crippen molar-refractivity contribution < 1.29 is 0 Å². The Morgan fingerprint density at radius 1 is 1.33 bits per heavy atom. The van der Waals surface area contributed by atoms with E-state index in [0.717, 1.165) is 38.9 Å². The Kier molecular flexibility index (Phi) is 3.55. The van der Waals surface area contributed by atoms with Crippen LogP contribution in [0, 0.1) is 0 Å². The van der Waals surface area contributed by atoms with Gasteiger partial charge in [-0.2, -0.15) is 5.10 Å². The van der Waals surface area contributed by atoms with Crippen molar-refractivity contribution in [3.05, 3.63) is 46.8 Å². The van der Waals surface area contributed by atoms with Crippen LogP contribution in [0.25, 0.3) is 10.9 Å². The Bertz CT molecular complexity index is 796. The molecule has 2 heterocycles. The van der Waals surface area contributed by atoms with Crippen molar-refractivity contribution in [3.63, 3.8) is 0 Å². The van der Waals surface area contributed by atoms with Crippen LogP contribution in [0.1, 0.15) is 5.56 Å². The Labute approximate surface area is 131 Å². The number of aryl methyl sites for hydroxylation is 1. The van der Waals surface area contributed by atoms with Crippen LogP contribution in [0.3, 0.4) is 0 Å². The zero-order valence-electron chi connectivity index (χ0n) is 11.9. The van der Waals surface area contributed by atoms with Crippen LogP contribution in [0.4, 0.5) is 11.4 Å². The van der Waals surface area contributed by atoms with Crippen molar-refractivity contribution in [1.82, 2.24) is 14.8 Å². The number of nitrogens with two attached hydrogens (primary N) is 1. The van der Waals surface area contributed by atoms with Gasteiger partial charge in [-0.25, -0.2) is 0 Å². The van der Waals surface area contributed by atoms with Crippen LogP contribution in [0.2, 0.25) is 0 Å². The maximum Gasteiger partial charge on any atom is 0.0956 e. The van der Waals surface area contributed by atoms with Crippen molar-refractivity contribution in [2.45, 2.75) is 6.54 Å². The van der Waals surface area contributed by atoms with Crippen LogP contribution in [-0.4, -0.2) is 21.8 Å². The summed E-state index contributed by atoms with van der Waals surface area (Å²) in [7, 11) is 3.96. The molecule has 2 aromatic heterocycles. The standard InChI is InChI=1S/C15H16BrN5/c1-20(8-10-6-19-21(2)9-10)14-4-3-13(17)12-5-11(16)7-18-15(12)14/h3-7,9H,8,17H2,1-2H3. The molecule has 6 heteroatoms. The normalized spacial score (nSPS) is 11.0. The predicted molar refractivity (Wildman–Crippen MR) is 89.2 cm³/mol. The lowest BCUT2D eigenvalue weighted by Crippen LogP contribution is -2.16. The van der Waals surface area contributed by atoms with Gasteiger partial charge in [0.25, 0.3) is 0 Å². The monoisotopic (exact) mass is 345 g/mol. The molecule has 3 aromatic rings. The lowest BCUT2D eigenvalue weighted by atomic mass is 10.1. The van der Waals surface area contributed by atoms with Gasteiger partial charge >= 0.3 is 0 Å². The number of rotatable bonds is 3. The molecular weight excluding hydrogens is 330 g/mol. The predicted octanol–water partition coefficient (Wildman–Crippen LogP) is 2.95. The van der Waals surface area contributed by atoms with Crippen LogP contribution < -0.4 is 10.6 Å². The largest absolute Gasteiger partial charge is 0.398 e. The molecule has 2 N–H and O–H groups in total. The second-order valence-electron chi connectivity index (χ2n) is 5.10. The SMILES string of the molecule is CN(Cc1cnn(C)c1)c1ccc(N)c2cc(Br)cnc12. The van der Waals surface area contributed by atoms with E-state index in [1.54, 1.807) is 10.9 Å². The Balaban J connectivity index is 2.01. The van der Waals surface area contributed by atoms with Crippen molar-refractivity contribution >= 4 is 38.2 Å². The van der Waals surface area contributed by atoms with E-state index in [9.17, 15) is 0 Å². The number of halogens is 1. The first kappa shape index (κ1) is 13.9. The minimum absolute atomic E-state index is 0.734. The highest BCUT2D eigenvalue weighted by Crippen LogP contribution is 2.31. The zero-order valence-corrected chi connectivity index (χ0v) is 13.5. The number of fused-ring (bicyclic) bond motifs is 1. The molecule has 0 fully saturated rings. The van der Waals surface area contributed by atoms with Crippen LogP contribution in [-0.2, 0) is 13.6 Å². The maximum atomic E-state index is 6.06. The summed E-state index contributed by atoms with van der Waals surface area (Å²) < 4.78 is 2.73. The van der Waals surface area contributed by atoms with Gasteiger partial charge in [0, 0.05) is 54.1 Å². The van der Waals surface area contributed by atoms with E-state index in [-0.39, 0.29) is 0 Å². The molecule has 0 radical (unpaired) electrons. The van der Waals surface area contributed by atoms with E-state index in [2.05, 4.69) is 30.9 Å². The molecule has 0 bridgehead atoms. The summed E-state index contributed by atoms with van der Waals surface area (Å²) in [5.74, 6) is 0. The molecular formula is C15H16BrN5. The molecule has 0 aliphatic heterocycles. The molecule has 1 aromatic carbocycles. The quantitative estimate of drug-likeness (QED) is 0.741. The summed E-state index contributed by atoms with van der Waals surface area (Å²) in [6.45, 7) is 0.768. The van der Waals surface area contributed by atoms with Gasteiger partial charge in [0.1, 0.15) is 0 Å². The molecule has 5 nitrogen and oxygen atoms in total. The van der Waals surface area contributed by atoms with E-state index < -0.39 is 0 Å². The van der Waals surface area contributed by atoms with Gasteiger partial charge in [-0.05, 0) is 34.1 Å². The number of pyridine rings is 1. The summed E-state index contributed by atoms with van der Waals surface area (Å²) in [6.07, 6.45) is 5.68. The van der Waals surface area contributed by atoms with E-state index in [0.29, 0.717) is 0 Å². The highest BCUT2D eigenvalue weighted by atomic mass is 79.9. The summed E-state index contributed by atoms with van der Waals surface area (Å²) in [5.41, 5.74) is 9.90. The van der Waals surface area contributed by atoms with Gasteiger partial charge < -0.3 is 10.6 Å². The summed E-state index contributed by atoms with van der Waals surface area (Å²) >= 11 is 3.44. The van der Waals surface area contributed by atoms with Crippen molar-refractivity contribution in [1.29, 1.82) is 0 Å². The number of hydrogen-bond donors (Lipinski definition) is 1. The first-order valence-corrected chi connectivity index (χ1v) is 7.36. The van der Waals surface area contributed by atoms with Crippen molar-refractivity contribution in [2.75, 3.05) is 17.7 Å². The minimum atomic E-state index is 0.734. The molecule has 0 aliphatic carbocycles. The van der Waals surface area contributed by atoms with E-state index in [4.69, 9.17) is 5.73 Å². The molecule has 3 rings (SSSR count). The fourth-order valence-electron chi connectivity index (χ4n) is 2.42. The average molecular weight is 346 g/mol. The molecule has 0 saturated carbocycles. The number of anilines is 2. The van der Waals surface area contributed by atoms with Gasteiger partial charge in [0.05, 0.1) is 17.4 Å². The Morgan fingerprint density at radius 3 is 2.86 bits per heavy atom. The van der Waals surface area contributed by atoms with Gasteiger partial charge in [-0.1, -0.05) is 0 Å². The summed E-state index contributed by atoms with van der Waals surface area (Å²) in [4.78, 5) is 6.67. The average Bonchev–Trinajstić information content (AvgIpc) is 2.85. The van der Waals surface area contributed by atoms with E-state index in [1.807, 2.05) is 44.7 Å². The highest BCUT2D eigenvalue weighted by Gasteiger charge is 2.11. The minimum Gasteiger partial charge on any atom is -0.398 e. The Hall–Kier alpha value is -2.08. The number of hydrogen-bond acceptors (Lipinski definition) is 4. The van der Waals surface area contributed by atoms with Gasteiger partial charge in [-0.15, -0.1) is 0 Å². The number of nitrogen functional groups attached to an aromatic ring is 1. The van der Waals surface area contributed by atoms with Gasteiger partial charge in [0.2, 0.25) is 0 Å². The summed E-state index contributed by atoms with van der Waals surface area (Å²) in [5, 5.41) is 5.16. The molecule has 0 spiro atoms. The zero-order chi connectivity index (χ0) is 15.0. The van der Waals surface area contributed by atoms with Gasteiger partial charge in [0.15, 0.2) is 0 Å². The fourth-order valence-corrected chi connectivity index (χ4v) is 2.75. The smallest absolute Gasteiger partial charge is 0.0956 e. The summed E-state index contributed by atoms with van der Waals surface area (Å²) in [6, 6.07) is 5.93. The molecule has 0 unspecified atom stereocenters. The van der Waals surface area contributed by atoms with E-state index in [1.165, 1.54) is 0 Å². The van der Waals surface area contributed by atoms with Crippen molar-refractivity contribution in [3.8, 4) is 0 Å². The third-order valence-corrected chi connectivity index (χ3v) is 3.85. The first-order valence-electron chi connectivity index (χ1n) is 6.57. The van der Waals surface area contributed by atoms with Crippen LogP contribution in [0.15, 0.2) is 41.3 Å². The topological polar surface area (TPSA) is 60.0 Å². The fraction of sp³-hybridized carbons (Fsp3) is 0.200. The molecule has 21 heavy (non-hydrogen) atoms. The molecule has 0 saturated heterocycles. The Morgan fingerprint density at radius 2 is 2.14 bits per heavy atom.